The van der Waals surface area contributed by atoms with E-state index in [2.05, 4.69) is 10.2 Å². The molecule has 0 saturated carbocycles. The second-order valence-electron chi connectivity index (χ2n) is 6.30. The predicted molar refractivity (Wildman–Crippen MR) is 92.6 cm³/mol. The first kappa shape index (κ1) is 18.2. The minimum atomic E-state index is -0.667. The second kappa shape index (κ2) is 8.19. The van der Waals surface area contributed by atoms with Crippen LogP contribution < -0.4 is 5.32 Å². The molecule has 1 N–H and O–H groups in total. The lowest BCUT2D eigenvalue weighted by Gasteiger charge is -2.26. The van der Waals surface area contributed by atoms with Crippen LogP contribution in [0.25, 0.3) is 0 Å². The summed E-state index contributed by atoms with van der Waals surface area (Å²) in [6.45, 7) is 1.96. The Balaban J connectivity index is 1.52. The smallest absolute Gasteiger partial charge is 0.247 e. The Bertz CT molecular complexity index is 815. The maximum absolute atomic E-state index is 13.2. The third-order valence-electron chi connectivity index (χ3n) is 4.26. The van der Waals surface area contributed by atoms with Crippen molar-refractivity contribution >= 4 is 5.91 Å². The van der Waals surface area contributed by atoms with Crippen molar-refractivity contribution in [1.29, 1.82) is 0 Å². The highest BCUT2D eigenvalue weighted by molar-refractivity contribution is 5.93. The molecule has 0 atom stereocenters. The second-order valence-corrected chi connectivity index (χ2v) is 6.30. The minimum absolute atomic E-state index is 0.0673. The van der Waals surface area contributed by atoms with E-state index < -0.39 is 11.6 Å². The first-order chi connectivity index (χ1) is 12.5. The first-order valence-electron chi connectivity index (χ1n) is 8.38. The highest BCUT2D eigenvalue weighted by Gasteiger charge is 2.17. The molecule has 0 aliphatic carbocycles. The van der Waals surface area contributed by atoms with Crippen molar-refractivity contribution in [3.63, 3.8) is 0 Å². The summed E-state index contributed by atoms with van der Waals surface area (Å²) in [4.78, 5) is 14.3. The highest BCUT2D eigenvalue weighted by Crippen LogP contribution is 2.15. The lowest BCUT2D eigenvalue weighted by Crippen LogP contribution is -2.33. The fourth-order valence-electron chi connectivity index (χ4n) is 2.96. The largest absolute Gasteiger partial charge is 0.348 e. The van der Waals surface area contributed by atoms with Crippen LogP contribution in [0.5, 0.6) is 0 Å². The Morgan fingerprint density at radius 1 is 1.00 bits per heavy atom. The number of nitrogens with zero attached hydrogens (tertiary/aromatic N) is 1. The standard InChI is InChI=1S/C20H19F3N2O/c21-17-3-1-2-14(8-17)13-25-6-4-16(5-7-25)20(26)24-12-15-9-18(22)11-19(23)10-15/h1-4,8-11H,5-7,12-13H2,(H,24,26). The summed E-state index contributed by atoms with van der Waals surface area (Å²) in [5, 5.41) is 2.69. The summed E-state index contributed by atoms with van der Waals surface area (Å²) >= 11 is 0. The molecule has 1 amide bonds. The molecule has 0 spiro atoms. The molecule has 6 heteroatoms. The van der Waals surface area contributed by atoms with Gasteiger partial charge in [-0.2, -0.15) is 0 Å². The van der Waals surface area contributed by atoms with Gasteiger partial charge in [-0.3, -0.25) is 9.69 Å². The highest BCUT2D eigenvalue weighted by atomic mass is 19.1. The molecular formula is C20H19F3N2O. The van der Waals surface area contributed by atoms with Crippen molar-refractivity contribution in [2.75, 3.05) is 13.1 Å². The van der Waals surface area contributed by atoms with Gasteiger partial charge in [0, 0.05) is 37.8 Å². The van der Waals surface area contributed by atoms with Gasteiger partial charge in [-0.1, -0.05) is 18.2 Å². The SMILES string of the molecule is O=C(NCc1cc(F)cc(F)c1)C1=CCN(Cc2cccc(F)c2)CC1. The van der Waals surface area contributed by atoms with E-state index in [1.165, 1.54) is 24.3 Å². The van der Waals surface area contributed by atoms with Crippen molar-refractivity contribution in [2.45, 2.75) is 19.5 Å². The Morgan fingerprint density at radius 2 is 1.73 bits per heavy atom. The van der Waals surface area contributed by atoms with Crippen LogP contribution in [0.15, 0.2) is 54.1 Å². The fraction of sp³-hybridized carbons (Fsp3) is 0.250. The Kier molecular flexibility index (Phi) is 5.73. The topological polar surface area (TPSA) is 32.3 Å². The van der Waals surface area contributed by atoms with Gasteiger partial charge in [0.15, 0.2) is 0 Å². The van der Waals surface area contributed by atoms with Gasteiger partial charge < -0.3 is 5.32 Å². The predicted octanol–water partition coefficient (Wildman–Crippen LogP) is 3.55. The van der Waals surface area contributed by atoms with Crippen LogP contribution in [-0.4, -0.2) is 23.9 Å². The van der Waals surface area contributed by atoms with Crippen LogP contribution in [0.3, 0.4) is 0 Å². The lowest BCUT2D eigenvalue weighted by atomic mass is 10.1. The van der Waals surface area contributed by atoms with E-state index in [9.17, 15) is 18.0 Å². The number of halogens is 3. The molecule has 136 valence electrons. The van der Waals surface area contributed by atoms with Crippen LogP contribution in [0.4, 0.5) is 13.2 Å². The number of nitrogens with one attached hydrogen (secondary N) is 1. The summed E-state index contributed by atoms with van der Waals surface area (Å²) < 4.78 is 39.6. The lowest BCUT2D eigenvalue weighted by molar-refractivity contribution is -0.118. The molecule has 0 radical (unpaired) electrons. The molecule has 1 heterocycles. The van der Waals surface area contributed by atoms with E-state index in [-0.39, 0.29) is 18.3 Å². The van der Waals surface area contributed by atoms with E-state index in [1.807, 2.05) is 12.1 Å². The molecule has 0 bridgehead atoms. The molecule has 1 aliphatic rings. The Labute approximate surface area is 150 Å². The number of carbonyl (C=O) groups excluding carboxylic acids is 1. The summed E-state index contributed by atoms with van der Waals surface area (Å²) in [6.07, 6.45) is 2.41. The van der Waals surface area contributed by atoms with Crippen LogP contribution in [0, 0.1) is 17.5 Å². The quantitative estimate of drug-likeness (QED) is 0.884. The number of amides is 1. The van der Waals surface area contributed by atoms with Crippen LogP contribution in [-0.2, 0) is 17.9 Å². The fourth-order valence-corrected chi connectivity index (χ4v) is 2.96. The molecule has 3 nitrogen and oxygen atoms in total. The van der Waals surface area contributed by atoms with Gasteiger partial charge in [0.2, 0.25) is 5.91 Å². The zero-order valence-corrected chi connectivity index (χ0v) is 14.1. The zero-order chi connectivity index (χ0) is 18.5. The number of hydrogen-bond acceptors (Lipinski definition) is 2. The average molecular weight is 360 g/mol. The van der Waals surface area contributed by atoms with Crippen molar-refractivity contribution in [2.24, 2.45) is 0 Å². The van der Waals surface area contributed by atoms with Gasteiger partial charge in [0.05, 0.1) is 0 Å². The Hall–Kier alpha value is -2.60. The van der Waals surface area contributed by atoms with Gasteiger partial charge in [-0.05, 0) is 41.8 Å². The van der Waals surface area contributed by atoms with Crippen molar-refractivity contribution < 1.29 is 18.0 Å². The van der Waals surface area contributed by atoms with Crippen molar-refractivity contribution in [3.05, 3.63) is 82.7 Å². The van der Waals surface area contributed by atoms with Crippen LogP contribution in [0.1, 0.15) is 17.5 Å². The van der Waals surface area contributed by atoms with Gasteiger partial charge in [0.25, 0.3) is 0 Å². The molecule has 26 heavy (non-hydrogen) atoms. The van der Waals surface area contributed by atoms with Gasteiger partial charge >= 0.3 is 0 Å². The molecule has 1 aliphatic heterocycles. The number of hydrogen-bond donors (Lipinski definition) is 1. The minimum Gasteiger partial charge on any atom is -0.348 e. The third-order valence-corrected chi connectivity index (χ3v) is 4.26. The maximum atomic E-state index is 13.2. The summed E-state index contributed by atoms with van der Waals surface area (Å²) in [7, 11) is 0. The molecule has 0 unspecified atom stereocenters. The molecular weight excluding hydrogens is 341 g/mol. The number of carbonyl (C=O) groups is 1. The van der Waals surface area contributed by atoms with Crippen LogP contribution in [0.2, 0.25) is 0 Å². The third kappa shape index (κ3) is 4.95. The van der Waals surface area contributed by atoms with Crippen molar-refractivity contribution in [1.82, 2.24) is 10.2 Å². The molecule has 2 aromatic carbocycles. The van der Waals surface area contributed by atoms with E-state index in [1.54, 1.807) is 6.07 Å². The van der Waals surface area contributed by atoms with E-state index >= 15 is 0 Å². The maximum Gasteiger partial charge on any atom is 0.247 e. The average Bonchev–Trinajstić information content (AvgIpc) is 2.59. The number of benzene rings is 2. The first-order valence-corrected chi connectivity index (χ1v) is 8.38. The molecule has 0 aromatic heterocycles. The molecule has 2 aromatic rings. The number of rotatable bonds is 5. The zero-order valence-electron chi connectivity index (χ0n) is 14.1. The van der Waals surface area contributed by atoms with E-state index in [0.717, 1.165) is 11.6 Å². The Morgan fingerprint density at radius 3 is 2.38 bits per heavy atom. The summed E-state index contributed by atoms with van der Waals surface area (Å²) in [5.74, 6) is -1.83. The van der Waals surface area contributed by atoms with Gasteiger partial charge in [0.1, 0.15) is 17.5 Å². The monoisotopic (exact) mass is 360 g/mol. The van der Waals surface area contributed by atoms with E-state index in [4.69, 9.17) is 0 Å². The van der Waals surface area contributed by atoms with Gasteiger partial charge in [-0.25, -0.2) is 13.2 Å². The van der Waals surface area contributed by atoms with E-state index in [0.29, 0.717) is 37.2 Å². The summed E-state index contributed by atoms with van der Waals surface area (Å²) in [6, 6.07) is 9.64. The molecule has 0 saturated heterocycles. The van der Waals surface area contributed by atoms with Crippen molar-refractivity contribution in [3.8, 4) is 0 Å². The molecule has 3 rings (SSSR count). The normalized spacial score (nSPS) is 14.8. The molecule has 0 fully saturated rings. The summed E-state index contributed by atoms with van der Waals surface area (Å²) in [5.41, 5.74) is 1.91. The van der Waals surface area contributed by atoms with Gasteiger partial charge in [-0.15, -0.1) is 0 Å². The van der Waals surface area contributed by atoms with Crippen LogP contribution >= 0.6 is 0 Å².